The number of nitrogen functional groups attached to an aromatic ring is 1. The minimum absolute atomic E-state index is 0.00947. The zero-order valence-electron chi connectivity index (χ0n) is 26.5. The zero-order valence-corrected chi connectivity index (χ0v) is 28.0. The molecule has 0 radical (unpaired) electrons. The Morgan fingerprint density at radius 2 is 1.94 bits per heavy atom. The van der Waals surface area contributed by atoms with Gasteiger partial charge in [0.2, 0.25) is 0 Å². The average Bonchev–Trinajstić information content (AvgIpc) is 3.88. The number of ether oxygens (including phenoxy) is 1. The number of carbonyl (C=O) groups excluding carboxylic acids is 1. The second-order valence-electron chi connectivity index (χ2n) is 13.2. The van der Waals surface area contributed by atoms with Crippen molar-refractivity contribution in [2.75, 3.05) is 63.1 Å². The summed E-state index contributed by atoms with van der Waals surface area (Å²) in [5.41, 5.74) is 5.82. The van der Waals surface area contributed by atoms with Crippen molar-refractivity contribution in [3.05, 3.63) is 34.9 Å². The Labute approximate surface area is 289 Å². The minimum Gasteiger partial charge on any atom is -0.461 e. The van der Waals surface area contributed by atoms with Crippen molar-refractivity contribution in [3.63, 3.8) is 0 Å². The van der Waals surface area contributed by atoms with Crippen LogP contribution >= 0.6 is 22.9 Å². The van der Waals surface area contributed by atoms with Crippen molar-refractivity contribution in [1.29, 1.82) is 5.26 Å². The number of hydrogen-bond acceptors (Lipinski definition) is 10. The van der Waals surface area contributed by atoms with Gasteiger partial charge in [-0.15, -0.1) is 0 Å². The summed E-state index contributed by atoms with van der Waals surface area (Å²) < 4.78 is 52.4. The predicted molar refractivity (Wildman–Crippen MR) is 181 cm³/mol. The van der Waals surface area contributed by atoms with Crippen molar-refractivity contribution in [3.8, 4) is 23.2 Å². The number of nitrogens with zero attached hydrogens (tertiary/aromatic N) is 8. The monoisotopic (exact) mass is 711 g/mol. The smallest absolute Gasteiger partial charge is 0.321 e. The molecule has 2 amide bonds. The number of hydrogen-bond donors (Lipinski definition) is 1. The third-order valence-electron chi connectivity index (χ3n) is 10.4. The molecule has 11 nitrogen and oxygen atoms in total. The Hall–Kier alpha value is -4.13. The van der Waals surface area contributed by atoms with E-state index in [0.29, 0.717) is 63.3 Å². The fourth-order valence-corrected chi connectivity index (χ4v) is 9.03. The first-order valence-electron chi connectivity index (χ1n) is 16.4. The Morgan fingerprint density at radius 1 is 1.12 bits per heavy atom. The first-order valence-corrected chi connectivity index (χ1v) is 17.6. The van der Waals surface area contributed by atoms with E-state index in [1.54, 1.807) is 15.9 Å². The Balaban J connectivity index is 1.17. The first-order chi connectivity index (χ1) is 23.7. The lowest BCUT2D eigenvalue weighted by Crippen LogP contribution is -2.53. The molecule has 0 bridgehead atoms. The summed E-state index contributed by atoms with van der Waals surface area (Å²) in [7, 11) is 0. The van der Waals surface area contributed by atoms with Crippen molar-refractivity contribution in [1.82, 2.24) is 29.7 Å². The highest BCUT2D eigenvalue weighted by molar-refractivity contribution is 7.22. The largest absolute Gasteiger partial charge is 0.461 e. The lowest BCUT2D eigenvalue weighted by molar-refractivity contribution is 0.107. The number of amides is 2. The van der Waals surface area contributed by atoms with Crippen LogP contribution in [0.3, 0.4) is 0 Å². The van der Waals surface area contributed by atoms with E-state index in [1.165, 1.54) is 12.1 Å². The molecule has 2 N–H and O–H groups in total. The van der Waals surface area contributed by atoms with E-state index in [9.17, 15) is 18.8 Å². The topological polar surface area (TPSA) is 128 Å². The molecule has 49 heavy (non-hydrogen) atoms. The maximum atomic E-state index is 16.9. The van der Waals surface area contributed by atoms with Gasteiger partial charge >= 0.3 is 12.0 Å². The number of urea groups is 1. The molecule has 6 heterocycles. The molecule has 0 saturated carbocycles. The van der Waals surface area contributed by atoms with Crippen LogP contribution in [0.5, 0.6) is 6.01 Å². The molecule has 0 spiro atoms. The van der Waals surface area contributed by atoms with Gasteiger partial charge in [-0.3, -0.25) is 4.90 Å². The normalized spacial score (nSPS) is 24.3. The molecule has 4 aliphatic heterocycles. The van der Waals surface area contributed by atoms with E-state index in [-0.39, 0.29) is 55.7 Å². The number of thiazole rings is 1. The van der Waals surface area contributed by atoms with Gasteiger partial charge in [-0.25, -0.2) is 22.9 Å². The maximum absolute atomic E-state index is 16.9. The van der Waals surface area contributed by atoms with Gasteiger partial charge in [-0.2, -0.15) is 15.2 Å². The van der Waals surface area contributed by atoms with Gasteiger partial charge in [-0.1, -0.05) is 22.9 Å². The highest BCUT2D eigenvalue weighted by Crippen LogP contribution is 2.44. The van der Waals surface area contributed by atoms with Crippen LogP contribution in [0, 0.1) is 23.0 Å². The first kappa shape index (κ1) is 32.1. The van der Waals surface area contributed by atoms with Crippen LogP contribution in [-0.2, 0) is 0 Å². The number of alkyl halides is 1. The summed E-state index contributed by atoms with van der Waals surface area (Å²) >= 11 is 7.77. The molecule has 16 heteroatoms. The van der Waals surface area contributed by atoms with Crippen molar-refractivity contribution < 1.29 is 22.7 Å². The van der Waals surface area contributed by atoms with Gasteiger partial charge < -0.3 is 25.2 Å². The molecule has 4 fully saturated rings. The van der Waals surface area contributed by atoms with Crippen molar-refractivity contribution >= 4 is 61.0 Å². The standard InChI is InChI=1S/C33H33ClF3N9O2S/c34-22-13-21-26(25(37)24(22)20-4-5-23(36)28-27(20)40-30(39)49-28)41-31(48-17-33-6-2-7-45(33)16-18(35)14-33)42-29(21)43-9-11-44(12-10-43)32(47)46-8-1-3-19(46)15-38/h4-5,13,18-19H,1-3,6-12,14,16-17H2,(H2,39,40)/t18-,19?,33+/m1/s1. The fourth-order valence-electron chi connectivity index (χ4n) is 7.98. The molecular formula is C33H33ClF3N9O2S. The van der Waals surface area contributed by atoms with Gasteiger partial charge in [0.25, 0.3) is 0 Å². The van der Waals surface area contributed by atoms with Crippen LogP contribution in [0.2, 0.25) is 5.02 Å². The molecule has 4 aliphatic rings. The number of benzene rings is 2. The highest BCUT2D eigenvalue weighted by atomic mass is 35.5. The van der Waals surface area contributed by atoms with E-state index in [1.807, 2.05) is 4.90 Å². The average molecular weight is 712 g/mol. The highest BCUT2D eigenvalue weighted by Gasteiger charge is 2.49. The Bertz CT molecular complexity index is 2020. The minimum atomic E-state index is -0.950. The third kappa shape index (κ3) is 5.44. The number of rotatable bonds is 5. The number of fused-ring (bicyclic) bond motifs is 3. The number of aromatic nitrogens is 3. The summed E-state index contributed by atoms with van der Waals surface area (Å²) in [5.74, 6) is -0.904. The van der Waals surface area contributed by atoms with Crippen LogP contribution in [0.1, 0.15) is 32.1 Å². The molecule has 1 unspecified atom stereocenters. The third-order valence-corrected chi connectivity index (χ3v) is 11.5. The molecule has 2 aromatic heterocycles. The molecule has 3 atom stereocenters. The maximum Gasteiger partial charge on any atom is 0.321 e. The molecule has 4 aromatic rings. The number of nitriles is 1. The number of nitrogens with two attached hydrogens (primary N) is 1. The number of anilines is 2. The predicted octanol–water partition coefficient (Wildman–Crippen LogP) is 5.61. The quantitative estimate of drug-likeness (QED) is 0.281. The van der Waals surface area contributed by atoms with Crippen LogP contribution in [0.25, 0.3) is 32.2 Å². The van der Waals surface area contributed by atoms with Gasteiger partial charge in [0.15, 0.2) is 10.9 Å². The summed E-state index contributed by atoms with van der Waals surface area (Å²) in [4.78, 5) is 34.2. The summed E-state index contributed by atoms with van der Waals surface area (Å²) in [6, 6.07) is 5.79. The molecule has 2 aromatic carbocycles. The van der Waals surface area contributed by atoms with Crippen molar-refractivity contribution in [2.45, 2.75) is 49.9 Å². The lowest BCUT2D eigenvalue weighted by atomic mass is 9.95. The van der Waals surface area contributed by atoms with Crippen LogP contribution in [0.15, 0.2) is 18.2 Å². The number of carbonyl (C=O) groups is 1. The summed E-state index contributed by atoms with van der Waals surface area (Å²) in [5, 5.41) is 10.0. The molecular weight excluding hydrogens is 679 g/mol. The summed E-state index contributed by atoms with van der Waals surface area (Å²) in [6.45, 7) is 3.30. The SMILES string of the molecule is N#CC1CCCN1C(=O)N1CCN(c2nc(OC[C@@]34CCCN3C[C@H](F)C4)nc3c(F)c(-c4ccc(F)c5sc(N)nc45)c(Cl)cc23)CC1. The number of halogens is 4. The fraction of sp³-hybridized carbons (Fsp3) is 0.485. The van der Waals surface area contributed by atoms with E-state index >= 15 is 4.39 Å². The lowest BCUT2D eigenvalue weighted by Gasteiger charge is -2.38. The van der Waals surface area contributed by atoms with Crippen LogP contribution in [0.4, 0.5) is 28.9 Å². The van der Waals surface area contributed by atoms with Gasteiger partial charge in [-0.05, 0) is 50.4 Å². The van der Waals surface area contributed by atoms with Crippen molar-refractivity contribution in [2.24, 2.45) is 0 Å². The number of likely N-dealkylation sites (tertiary alicyclic amines) is 1. The molecule has 4 saturated heterocycles. The second kappa shape index (κ2) is 12.3. The zero-order chi connectivity index (χ0) is 34.0. The van der Waals surface area contributed by atoms with E-state index in [0.717, 1.165) is 37.1 Å². The van der Waals surface area contributed by atoms with Gasteiger partial charge in [0.1, 0.15) is 36.0 Å². The van der Waals surface area contributed by atoms with Gasteiger partial charge in [0.05, 0.1) is 26.8 Å². The second-order valence-corrected chi connectivity index (χ2v) is 14.6. The molecule has 8 rings (SSSR count). The Kier molecular flexibility index (Phi) is 8.08. The van der Waals surface area contributed by atoms with Gasteiger partial charge in [0, 0.05) is 62.2 Å². The van der Waals surface area contributed by atoms with E-state index in [4.69, 9.17) is 27.1 Å². The molecule has 256 valence electrons. The number of piperazine rings is 1. The summed E-state index contributed by atoms with van der Waals surface area (Å²) in [6.07, 6.45) is 2.56. The van der Waals surface area contributed by atoms with E-state index < -0.39 is 29.4 Å². The van der Waals surface area contributed by atoms with E-state index in [2.05, 4.69) is 20.9 Å². The van der Waals surface area contributed by atoms with Crippen LogP contribution in [-0.4, -0.2) is 106 Å². The van der Waals surface area contributed by atoms with Crippen LogP contribution < -0.4 is 15.4 Å². The Morgan fingerprint density at radius 3 is 2.73 bits per heavy atom. The molecule has 0 aliphatic carbocycles.